The summed E-state index contributed by atoms with van der Waals surface area (Å²) in [6, 6.07) is 1.83. The normalized spacial score (nSPS) is 12.8. The number of hydrogen-bond acceptors (Lipinski definition) is 3. The zero-order chi connectivity index (χ0) is 14.8. The van der Waals surface area contributed by atoms with E-state index in [9.17, 15) is 4.79 Å². The molecule has 0 bridgehead atoms. The van der Waals surface area contributed by atoms with Crippen molar-refractivity contribution in [2.24, 2.45) is 0 Å². The number of carbonyl (C=O) groups is 1. The molecule has 0 radical (unpaired) electrons. The molecule has 0 N–H and O–H groups in total. The number of rotatable bonds is 5. The van der Waals surface area contributed by atoms with Crippen LogP contribution in [0.15, 0.2) is 6.07 Å². The van der Waals surface area contributed by atoms with Crippen LogP contribution in [-0.2, 0) is 11.0 Å². The average Bonchev–Trinajstić information content (AvgIpc) is 2.58. The number of aromatic nitrogens is 2. The summed E-state index contributed by atoms with van der Waals surface area (Å²) in [5, 5.41) is 4.51. The van der Waals surface area contributed by atoms with Gasteiger partial charge in [0.1, 0.15) is 5.69 Å². The number of hydrogen-bond donors (Lipinski definition) is 0. The van der Waals surface area contributed by atoms with E-state index in [1.165, 1.54) is 6.92 Å². The van der Waals surface area contributed by atoms with E-state index in [1.807, 2.05) is 17.7 Å². The maximum absolute atomic E-state index is 11.3. The highest BCUT2D eigenvalue weighted by molar-refractivity contribution is 6.74. The van der Waals surface area contributed by atoms with Gasteiger partial charge in [-0.05, 0) is 31.1 Å². The van der Waals surface area contributed by atoms with Gasteiger partial charge in [0.15, 0.2) is 14.1 Å². The minimum absolute atomic E-state index is 0.00663. The van der Waals surface area contributed by atoms with Gasteiger partial charge in [0.2, 0.25) is 0 Å². The molecule has 0 saturated heterocycles. The van der Waals surface area contributed by atoms with Gasteiger partial charge in [-0.3, -0.25) is 9.48 Å². The van der Waals surface area contributed by atoms with Gasteiger partial charge in [0.25, 0.3) is 0 Å². The van der Waals surface area contributed by atoms with E-state index in [1.54, 1.807) is 0 Å². The Kier molecular flexibility index (Phi) is 4.74. The number of carbonyl (C=O) groups excluding carboxylic acids is 1. The average molecular weight is 282 g/mol. The van der Waals surface area contributed by atoms with Crippen LogP contribution in [0.3, 0.4) is 0 Å². The first-order chi connectivity index (χ1) is 8.54. The van der Waals surface area contributed by atoms with Crippen LogP contribution in [0, 0.1) is 6.92 Å². The van der Waals surface area contributed by atoms with Crippen LogP contribution < -0.4 is 0 Å². The van der Waals surface area contributed by atoms with Gasteiger partial charge >= 0.3 is 0 Å². The van der Waals surface area contributed by atoms with Gasteiger partial charge in [-0.1, -0.05) is 20.8 Å². The lowest BCUT2D eigenvalue weighted by Gasteiger charge is -2.36. The van der Waals surface area contributed by atoms with Crippen molar-refractivity contribution in [3.05, 3.63) is 17.5 Å². The van der Waals surface area contributed by atoms with E-state index in [-0.39, 0.29) is 10.8 Å². The molecule has 0 saturated carbocycles. The second-order valence-corrected chi connectivity index (χ2v) is 11.4. The lowest BCUT2D eigenvalue weighted by Crippen LogP contribution is -2.41. The molecular formula is C14H26N2O2Si. The van der Waals surface area contributed by atoms with Crippen molar-refractivity contribution in [1.82, 2.24) is 9.78 Å². The van der Waals surface area contributed by atoms with E-state index in [4.69, 9.17) is 4.43 Å². The molecule has 0 fully saturated rings. The molecule has 108 valence electrons. The van der Waals surface area contributed by atoms with Gasteiger partial charge in [-0.25, -0.2) is 0 Å². The van der Waals surface area contributed by atoms with Crippen LogP contribution in [0.2, 0.25) is 18.1 Å². The fourth-order valence-electron chi connectivity index (χ4n) is 1.51. The Morgan fingerprint density at radius 2 is 2.00 bits per heavy atom. The summed E-state index contributed by atoms with van der Waals surface area (Å²) in [7, 11) is -1.70. The number of Topliss-reactive ketones (excluding diaryl/α,β-unsaturated/α-hetero) is 1. The Bertz CT molecular complexity index is 459. The smallest absolute Gasteiger partial charge is 0.192 e. The number of nitrogens with zero attached hydrogens (tertiary/aromatic N) is 2. The zero-order valence-corrected chi connectivity index (χ0v) is 14.2. The van der Waals surface area contributed by atoms with Gasteiger partial charge in [0.05, 0.1) is 13.2 Å². The van der Waals surface area contributed by atoms with Crippen molar-refractivity contribution in [3.63, 3.8) is 0 Å². The summed E-state index contributed by atoms with van der Waals surface area (Å²) in [6.45, 7) is 16.0. The van der Waals surface area contributed by atoms with Crippen molar-refractivity contribution in [2.45, 2.75) is 59.3 Å². The van der Waals surface area contributed by atoms with Crippen LogP contribution in [0.1, 0.15) is 43.9 Å². The van der Waals surface area contributed by atoms with Gasteiger partial charge in [0, 0.05) is 12.6 Å². The first-order valence-electron chi connectivity index (χ1n) is 6.74. The highest BCUT2D eigenvalue weighted by atomic mass is 28.4. The van der Waals surface area contributed by atoms with Crippen molar-refractivity contribution in [1.29, 1.82) is 0 Å². The Hall–Kier alpha value is -0.943. The predicted octanol–water partition coefficient (Wildman–Crippen LogP) is 3.42. The number of aryl methyl sites for hydroxylation is 1. The molecule has 5 heteroatoms. The predicted molar refractivity (Wildman–Crippen MR) is 80.1 cm³/mol. The van der Waals surface area contributed by atoms with Crippen molar-refractivity contribution in [3.8, 4) is 0 Å². The second kappa shape index (κ2) is 5.59. The molecule has 0 aliphatic rings. The third-order valence-corrected chi connectivity index (χ3v) is 8.45. The summed E-state index contributed by atoms with van der Waals surface area (Å²) in [5.74, 6) is 0.00663. The van der Waals surface area contributed by atoms with E-state index >= 15 is 0 Å². The first-order valence-corrected chi connectivity index (χ1v) is 9.65. The fourth-order valence-corrected chi connectivity index (χ4v) is 2.55. The third-order valence-electron chi connectivity index (χ3n) is 3.91. The third kappa shape index (κ3) is 4.01. The molecule has 0 unspecified atom stereocenters. The topological polar surface area (TPSA) is 44.1 Å². The summed E-state index contributed by atoms with van der Waals surface area (Å²) in [4.78, 5) is 11.3. The summed E-state index contributed by atoms with van der Waals surface area (Å²) in [5.41, 5.74) is 1.54. The highest BCUT2D eigenvalue weighted by Gasteiger charge is 2.36. The monoisotopic (exact) mass is 282 g/mol. The van der Waals surface area contributed by atoms with Crippen LogP contribution in [-0.4, -0.2) is 30.5 Å². The van der Waals surface area contributed by atoms with Crippen molar-refractivity contribution >= 4 is 14.1 Å². The molecule has 0 spiro atoms. The molecule has 1 aromatic heterocycles. The van der Waals surface area contributed by atoms with Crippen LogP contribution in [0.25, 0.3) is 0 Å². The van der Waals surface area contributed by atoms with E-state index in [0.29, 0.717) is 18.8 Å². The minimum Gasteiger partial charge on any atom is -0.415 e. The molecule has 4 nitrogen and oxygen atoms in total. The van der Waals surface area contributed by atoms with E-state index in [2.05, 4.69) is 39.0 Å². The van der Waals surface area contributed by atoms with E-state index < -0.39 is 8.32 Å². The summed E-state index contributed by atoms with van der Waals surface area (Å²) in [6.07, 6.45) is 0. The largest absolute Gasteiger partial charge is 0.415 e. The summed E-state index contributed by atoms with van der Waals surface area (Å²) >= 11 is 0. The summed E-state index contributed by atoms with van der Waals surface area (Å²) < 4.78 is 7.97. The molecule has 0 atom stereocenters. The van der Waals surface area contributed by atoms with Gasteiger partial charge in [-0.2, -0.15) is 5.10 Å². The molecule has 0 aliphatic heterocycles. The lowest BCUT2D eigenvalue weighted by molar-refractivity contribution is 0.101. The molecular weight excluding hydrogens is 256 g/mol. The van der Waals surface area contributed by atoms with Crippen molar-refractivity contribution in [2.75, 3.05) is 6.61 Å². The van der Waals surface area contributed by atoms with Gasteiger partial charge in [-0.15, -0.1) is 0 Å². The Labute approximate surface area is 117 Å². The lowest BCUT2D eigenvalue weighted by atomic mass is 10.2. The minimum atomic E-state index is -1.70. The Balaban J connectivity index is 2.61. The quantitative estimate of drug-likeness (QED) is 0.614. The first kappa shape index (κ1) is 16.1. The fraction of sp³-hybridized carbons (Fsp3) is 0.714. The molecule has 1 aromatic rings. The molecule has 1 heterocycles. The Morgan fingerprint density at radius 3 is 2.42 bits per heavy atom. The highest BCUT2D eigenvalue weighted by Crippen LogP contribution is 2.36. The molecule has 0 aromatic carbocycles. The van der Waals surface area contributed by atoms with Crippen LogP contribution in [0.5, 0.6) is 0 Å². The molecule has 0 amide bonds. The van der Waals surface area contributed by atoms with Crippen molar-refractivity contribution < 1.29 is 9.22 Å². The van der Waals surface area contributed by atoms with Gasteiger partial charge < -0.3 is 4.43 Å². The Morgan fingerprint density at radius 1 is 1.42 bits per heavy atom. The van der Waals surface area contributed by atoms with E-state index in [0.717, 1.165) is 5.69 Å². The maximum Gasteiger partial charge on any atom is 0.192 e. The van der Waals surface area contributed by atoms with Crippen LogP contribution in [0.4, 0.5) is 0 Å². The molecule has 1 rings (SSSR count). The molecule has 19 heavy (non-hydrogen) atoms. The van der Waals surface area contributed by atoms with Crippen LogP contribution >= 0.6 is 0 Å². The number of ketones is 1. The zero-order valence-electron chi connectivity index (χ0n) is 13.2. The molecule has 0 aliphatic carbocycles. The SMILES string of the molecule is CC(=O)c1cc(C)n(CCO[Si](C)(C)C(C)(C)C)n1. The standard InChI is InChI=1S/C14H26N2O2Si/c1-11-10-13(12(2)17)15-16(11)8-9-18-19(6,7)14(3,4)5/h10H,8-9H2,1-7H3. The maximum atomic E-state index is 11.3. The second-order valence-electron chi connectivity index (χ2n) is 6.56.